The van der Waals surface area contributed by atoms with Gasteiger partial charge in [-0.05, 0) is 0 Å². The van der Waals surface area contributed by atoms with Crippen molar-refractivity contribution in [1.29, 1.82) is 0 Å². The minimum absolute atomic E-state index is 0. The molecule has 0 aliphatic heterocycles. The van der Waals surface area contributed by atoms with Gasteiger partial charge in [0.05, 0.1) is 0 Å². The van der Waals surface area contributed by atoms with Crippen molar-refractivity contribution in [1.82, 2.24) is 0 Å². The van der Waals surface area contributed by atoms with Gasteiger partial charge in [0, 0.05) is 0 Å². The second-order valence-electron chi connectivity index (χ2n) is 4.59. The van der Waals surface area contributed by atoms with Gasteiger partial charge >= 0.3 is 26.2 Å². The van der Waals surface area contributed by atoms with Gasteiger partial charge in [0.25, 0.3) is 0 Å². The topological polar surface area (TPSA) is 0 Å². The van der Waals surface area contributed by atoms with Crippen LogP contribution in [0, 0.1) is 41.5 Å². The summed E-state index contributed by atoms with van der Waals surface area (Å²) in [6.07, 6.45) is 0. The minimum atomic E-state index is 0. The van der Waals surface area contributed by atoms with E-state index in [0.29, 0.717) is 0 Å². The van der Waals surface area contributed by atoms with E-state index in [1.54, 1.807) is 0 Å². The second kappa shape index (κ2) is 10.9. The first-order chi connectivity index (χ1) is 7.45. The fraction of sp³-hybridized carbons (Fsp3) is 0.375. The van der Waals surface area contributed by atoms with Gasteiger partial charge in [0.1, 0.15) is 0 Å². The summed E-state index contributed by atoms with van der Waals surface area (Å²) in [4.78, 5) is 0. The first-order valence-electron chi connectivity index (χ1n) is 5.83. The molecule has 2 aromatic rings. The van der Waals surface area contributed by atoms with Crippen LogP contribution in [0.4, 0.5) is 0 Å². The molecule has 0 saturated heterocycles. The van der Waals surface area contributed by atoms with Crippen molar-refractivity contribution in [3.05, 3.63) is 57.6 Å². The Morgan fingerprint density at radius 2 is 1.05 bits per heavy atom. The summed E-state index contributed by atoms with van der Waals surface area (Å²) in [5.41, 5.74) is 8.68. The summed E-state index contributed by atoms with van der Waals surface area (Å²) in [5, 5.41) is 0. The molecule has 2 rings (SSSR count). The van der Waals surface area contributed by atoms with E-state index in [-0.39, 0.29) is 51.0 Å². The smallest absolute Gasteiger partial charge is 1.00 e. The normalized spacial score (nSPS) is 8.32. The number of halogens is 2. The van der Waals surface area contributed by atoms with Crippen LogP contribution < -0.4 is 24.8 Å². The van der Waals surface area contributed by atoms with Crippen LogP contribution in [0.25, 0.3) is 0 Å². The van der Waals surface area contributed by atoms with Crippen molar-refractivity contribution in [2.75, 3.05) is 0 Å². The standard InChI is InChI=1S/C10H15.C6H7.2ClH.Zr/c1-6-7(2)9(4)10(5)8(6)3;1-6-4-2-3-5-6;;;/h1-5H3;2-5H,1H3;2*1H;/q2*-1;;;+4/p-2. The molecule has 3 heteroatoms. The van der Waals surface area contributed by atoms with Gasteiger partial charge in [-0.25, -0.2) is 12.1 Å². The first kappa shape index (κ1) is 24.2. The maximum Gasteiger partial charge on any atom is 4.00 e. The van der Waals surface area contributed by atoms with E-state index in [2.05, 4.69) is 53.7 Å². The average molecular weight is 376 g/mol. The van der Waals surface area contributed by atoms with E-state index in [1.807, 2.05) is 12.1 Å². The summed E-state index contributed by atoms with van der Waals surface area (Å²) >= 11 is 0. The Balaban J connectivity index is -0.000000252. The summed E-state index contributed by atoms with van der Waals surface area (Å²) in [6, 6.07) is 8.24. The molecule has 0 radical (unpaired) electrons. The molecule has 0 spiro atoms. The van der Waals surface area contributed by atoms with E-state index >= 15 is 0 Å². The Bertz CT molecular complexity index is 373. The Labute approximate surface area is 149 Å². The van der Waals surface area contributed by atoms with E-state index in [0.717, 1.165) is 0 Å². The van der Waals surface area contributed by atoms with E-state index in [4.69, 9.17) is 0 Å². The minimum Gasteiger partial charge on any atom is -1.00 e. The Kier molecular flexibility index (Phi) is 13.9. The van der Waals surface area contributed by atoms with Gasteiger partial charge in [0.2, 0.25) is 0 Å². The largest absolute Gasteiger partial charge is 4.00 e. The SMILES string of the molecule is C[c-]1cccc1.Cc1c(C)c(C)[c-](C)c1C.[Cl-].[Cl-].[Zr+4]. The molecule has 104 valence electrons. The predicted octanol–water partition coefficient (Wildman–Crippen LogP) is -1.33. The van der Waals surface area contributed by atoms with Gasteiger partial charge in [-0.3, -0.25) is 0 Å². The molecule has 0 bridgehead atoms. The van der Waals surface area contributed by atoms with Gasteiger partial charge < -0.3 is 24.8 Å². The van der Waals surface area contributed by atoms with Crippen molar-refractivity contribution in [3.63, 3.8) is 0 Å². The third-order valence-electron chi connectivity index (χ3n) is 3.64. The summed E-state index contributed by atoms with van der Waals surface area (Å²) < 4.78 is 0. The van der Waals surface area contributed by atoms with Crippen LogP contribution in [0.3, 0.4) is 0 Å². The zero-order valence-electron chi connectivity index (χ0n) is 12.6. The number of aryl methyl sites for hydroxylation is 1. The van der Waals surface area contributed by atoms with Crippen LogP contribution in [0.15, 0.2) is 24.3 Å². The maximum atomic E-state index is 2.20. The van der Waals surface area contributed by atoms with Crippen LogP contribution >= 0.6 is 0 Å². The van der Waals surface area contributed by atoms with E-state index in [9.17, 15) is 0 Å². The second-order valence-corrected chi connectivity index (χ2v) is 4.59. The summed E-state index contributed by atoms with van der Waals surface area (Å²) in [6.45, 7) is 13.1. The van der Waals surface area contributed by atoms with Crippen LogP contribution in [0.1, 0.15) is 33.4 Å². The first-order valence-corrected chi connectivity index (χ1v) is 5.83. The van der Waals surface area contributed by atoms with Gasteiger partial charge in [-0.1, -0.05) is 41.5 Å². The molecule has 0 aliphatic rings. The van der Waals surface area contributed by atoms with Crippen molar-refractivity contribution < 1.29 is 51.0 Å². The molecule has 0 aromatic heterocycles. The zero-order valence-corrected chi connectivity index (χ0v) is 16.5. The van der Waals surface area contributed by atoms with Crippen LogP contribution in [-0.2, 0) is 26.2 Å². The summed E-state index contributed by atoms with van der Waals surface area (Å²) in [7, 11) is 0. The molecule has 0 fully saturated rings. The quantitative estimate of drug-likeness (QED) is 0.500. The molecule has 0 amide bonds. The number of rotatable bonds is 0. The van der Waals surface area contributed by atoms with Crippen LogP contribution in [-0.4, -0.2) is 0 Å². The van der Waals surface area contributed by atoms with Crippen LogP contribution in [0.5, 0.6) is 0 Å². The van der Waals surface area contributed by atoms with Gasteiger partial charge in [-0.15, -0.1) is 0 Å². The molecule has 2 aromatic carbocycles. The summed E-state index contributed by atoms with van der Waals surface area (Å²) in [5.74, 6) is 0. The van der Waals surface area contributed by atoms with E-state index < -0.39 is 0 Å². The van der Waals surface area contributed by atoms with Crippen molar-refractivity contribution in [3.8, 4) is 0 Å². The molecule has 0 saturated carbocycles. The third kappa shape index (κ3) is 6.43. The predicted molar refractivity (Wildman–Crippen MR) is 72.5 cm³/mol. The molecular formula is C16H22Cl2Zr. The van der Waals surface area contributed by atoms with Crippen molar-refractivity contribution in [2.24, 2.45) is 0 Å². The molecule has 0 heterocycles. The molecule has 0 nitrogen and oxygen atoms in total. The van der Waals surface area contributed by atoms with Crippen molar-refractivity contribution >= 4 is 0 Å². The Morgan fingerprint density at radius 1 is 0.737 bits per heavy atom. The van der Waals surface area contributed by atoms with E-state index in [1.165, 1.54) is 33.4 Å². The fourth-order valence-electron chi connectivity index (χ4n) is 1.88. The molecule has 0 N–H and O–H groups in total. The number of hydrogen-bond donors (Lipinski definition) is 0. The maximum absolute atomic E-state index is 2.20. The molecular weight excluding hydrogens is 354 g/mol. The molecule has 0 aliphatic carbocycles. The molecule has 0 unspecified atom stereocenters. The third-order valence-corrected chi connectivity index (χ3v) is 3.64. The Hall–Kier alpha value is 0.163. The Morgan fingerprint density at radius 3 is 1.16 bits per heavy atom. The van der Waals surface area contributed by atoms with Crippen LogP contribution in [0.2, 0.25) is 0 Å². The zero-order chi connectivity index (χ0) is 12.3. The van der Waals surface area contributed by atoms with Gasteiger partial charge in [-0.2, -0.15) is 45.5 Å². The fourth-order valence-corrected chi connectivity index (χ4v) is 1.88. The van der Waals surface area contributed by atoms with Gasteiger partial charge in [0.15, 0.2) is 0 Å². The van der Waals surface area contributed by atoms with Crippen molar-refractivity contribution in [2.45, 2.75) is 41.5 Å². The molecule has 19 heavy (non-hydrogen) atoms. The molecule has 0 atom stereocenters. The average Bonchev–Trinajstić information content (AvgIpc) is 2.80. The monoisotopic (exact) mass is 374 g/mol. The number of hydrogen-bond acceptors (Lipinski definition) is 0.